The average molecular weight is 317 g/mol. The van der Waals surface area contributed by atoms with Gasteiger partial charge in [-0.15, -0.1) is 11.3 Å². The molecule has 0 radical (unpaired) electrons. The lowest BCUT2D eigenvalue weighted by Gasteiger charge is -2.07. The molecule has 0 fully saturated rings. The molecule has 0 unspecified atom stereocenters. The van der Waals surface area contributed by atoms with Crippen LogP contribution in [0.1, 0.15) is 5.56 Å². The summed E-state index contributed by atoms with van der Waals surface area (Å²) in [5.41, 5.74) is 1.87. The molecular formula is C20H15NOS. The monoisotopic (exact) mass is 317 g/mol. The topological polar surface area (TPSA) is 29.1 Å². The number of carbonyl (C=O) groups excluding carboxylic acids is 1. The number of amides is 1. The predicted octanol–water partition coefficient (Wildman–Crippen LogP) is 5.24. The molecule has 3 aromatic carbocycles. The molecule has 4 rings (SSSR count). The van der Waals surface area contributed by atoms with E-state index in [4.69, 9.17) is 0 Å². The van der Waals surface area contributed by atoms with E-state index in [1.807, 2.05) is 36.4 Å². The zero-order valence-corrected chi connectivity index (χ0v) is 13.3. The molecule has 0 saturated carbocycles. The molecule has 1 amide bonds. The van der Waals surface area contributed by atoms with Crippen LogP contribution in [0.25, 0.3) is 20.9 Å². The van der Waals surface area contributed by atoms with Crippen molar-refractivity contribution in [2.75, 3.05) is 5.32 Å². The molecule has 0 bridgehead atoms. The molecule has 1 aromatic heterocycles. The number of rotatable bonds is 3. The normalized spacial score (nSPS) is 11.0. The molecule has 0 spiro atoms. The van der Waals surface area contributed by atoms with Gasteiger partial charge in [-0.25, -0.2) is 0 Å². The van der Waals surface area contributed by atoms with Crippen molar-refractivity contribution in [1.29, 1.82) is 0 Å². The van der Waals surface area contributed by atoms with Gasteiger partial charge in [-0.3, -0.25) is 4.79 Å². The number of hydrogen-bond acceptors (Lipinski definition) is 2. The molecule has 0 aliphatic rings. The fraction of sp³-hybridized carbons (Fsp3) is 0.0500. The van der Waals surface area contributed by atoms with Gasteiger partial charge in [0.1, 0.15) is 0 Å². The summed E-state index contributed by atoms with van der Waals surface area (Å²) >= 11 is 1.71. The van der Waals surface area contributed by atoms with Crippen LogP contribution in [-0.4, -0.2) is 5.91 Å². The Morgan fingerprint density at radius 2 is 1.74 bits per heavy atom. The molecule has 1 N–H and O–H groups in total. The second kappa shape index (κ2) is 5.86. The molecule has 3 heteroatoms. The minimum Gasteiger partial charge on any atom is -0.326 e. The third kappa shape index (κ3) is 2.96. The van der Waals surface area contributed by atoms with Gasteiger partial charge in [0, 0.05) is 10.4 Å². The number of thiophene rings is 1. The van der Waals surface area contributed by atoms with Gasteiger partial charge in [-0.2, -0.15) is 0 Å². The number of anilines is 1. The van der Waals surface area contributed by atoms with Gasteiger partial charge in [0.05, 0.1) is 6.42 Å². The highest BCUT2D eigenvalue weighted by molar-refractivity contribution is 7.17. The molecule has 0 atom stereocenters. The van der Waals surface area contributed by atoms with Crippen LogP contribution < -0.4 is 5.32 Å². The molecule has 2 nitrogen and oxygen atoms in total. The fourth-order valence-corrected chi connectivity index (χ4v) is 3.55. The van der Waals surface area contributed by atoms with Crippen LogP contribution in [0, 0.1) is 0 Å². The van der Waals surface area contributed by atoms with Gasteiger partial charge in [0.15, 0.2) is 0 Å². The fourth-order valence-electron chi connectivity index (χ4n) is 2.78. The van der Waals surface area contributed by atoms with E-state index in [1.54, 1.807) is 11.3 Å². The van der Waals surface area contributed by atoms with Crippen LogP contribution in [0.2, 0.25) is 0 Å². The van der Waals surface area contributed by atoms with Crippen LogP contribution in [0.15, 0.2) is 72.1 Å². The quantitative estimate of drug-likeness (QED) is 0.550. The highest BCUT2D eigenvalue weighted by Gasteiger charge is 2.06. The van der Waals surface area contributed by atoms with E-state index < -0.39 is 0 Å². The third-order valence-corrected chi connectivity index (χ3v) is 4.81. The van der Waals surface area contributed by atoms with E-state index in [9.17, 15) is 4.79 Å². The van der Waals surface area contributed by atoms with Gasteiger partial charge >= 0.3 is 0 Å². The largest absolute Gasteiger partial charge is 0.326 e. The van der Waals surface area contributed by atoms with Crippen molar-refractivity contribution in [3.63, 3.8) is 0 Å². The lowest BCUT2D eigenvalue weighted by atomic mass is 10.0. The van der Waals surface area contributed by atoms with Crippen molar-refractivity contribution in [2.45, 2.75) is 6.42 Å². The molecule has 0 aliphatic heterocycles. The molecule has 4 aromatic rings. The number of hydrogen-bond donors (Lipinski definition) is 1. The maximum absolute atomic E-state index is 12.3. The maximum Gasteiger partial charge on any atom is 0.228 e. The predicted molar refractivity (Wildman–Crippen MR) is 98.1 cm³/mol. The SMILES string of the molecule is O=C(Cc1ccc2ccccc2c1)Nc1ccc2sccc2c1. The lowest BCUT2D eigenvalue weighted by molar-refractivity contribution is -0.115. The van der Waals surface area contributed by atoms with E-state index >= 15 is 0 Å². The Labute approximate surface area is 138 Å². The Hall–Kier alpha value is -2.65. The van der Waals surface area contributed by atoms with E-state index in [1.165, 1.54) is 15.5 Å². The van der Waals surface area contributed by atoms with E-state index in [2.05, 4.69) is 41.0 Å². The molecule has 112 valence electrons. The van der Waals surface area contributed by atoms with Crippen molar-refractivity contribution in [3.05, 3.63) is 77.7 Å². The number of carbonyl (C=O) groups is 1. The minimum absolute atomic E-state index is 0.00913. The van der Waals surface area contributed by atoms with E-state index in [0.717, 1.165) is 16.6 Å². The molecular weight excluding hydrogens is 302 g/mol. The third-order valence-electron chi connectivity index (χ3n) is 3.91. The van der Waals surface area contributed by atoms with Crippen molar-refractivity contribution in [3.8, 4) is 0 Å². The summed E-state index contributed by atoms with van der Waals surface area (Å²) in [7, 11) is 0. The van der Waals surface area contributed by atoms with Crippen molar-refractivity contribution < 1.29 is 4.79 Å². The summed E-state index contributed by atoms with van der Waals surface area (Å²) in [6.07, 6.45) is 0.381. The first kappa shape index (κ1) is 14.0. The van der Waals surface area contributed by atoms with Crippen LogP contribution in [0.3, 0.4) is 0 Å². The summed E-state index contributed by atoms with van der Waals surface area (Å²) in [4.78, 5) is 12.3. The summed E-state index contributed by atoms with van der Waals surface area (Å²) in [5.74, 6) is 0.00913. The Morgan fingerprint density at radius 1 is 0.870 bits per heavy atom. The van der Waals surface area contributed by atoms with Crippen molar-refractivity contribution >= 4 is 43.8 Å². The lowest BCUT2D eigenvalue weighted by Crippen LogP contribution is -2.14. The Kier molecular flexibility index (Phi) is 3.56. The van der Waals surface area contributed by atoms with Crippen LogP contribution in [-0.2, 0) is 11.2 Å². The summed E-state index contributed by atoms with van der Waals surface area (Å²) in [5, 5.41) is 8.57. The number of nitrogens with one attached hydrogen (secondary N) is 1. The zero-order chi connectivity index (χ0) is 15.6. The van der Waals surface area contributed by atoms with Crippen LogP contribution in [0.4, 0.5) is 5.69 Å². The maximum atomic E-state index is 12.3. The minimum atomic E-state index is 0.00913. The van der Waals surface area contributed by atoms with Crippen LogP contribution in [0.5, 0.6) is 0 Å². The first-order chi connectivity index (χ1) is 11.3. The smallest absolute Gasteiger partial charge is 0.228 e. The second-order valence-corrected chi connectivity index (χ2v) is 6.53. The second-order valence-electron chi connectivity index (χ2n) is 5.58. The van der Waals surface area contributed by atoms with Gasteiger partial charge in [0.25, 0.3) is 0 Å². The Balaban J connectivity index is 1.51. The zero-order valence-electron chi connectivity index (χ0n) is 12.5. The number of benzene rings is 3. The van der Waals surface area contributed by atoms with E-state index in [-0.39, 0.29) is 5.91 Å². The highest BCUT2D eigenvalue weighted by atomic mass is 32.1. The Morgan fingerprint density at radius 3 is 2.65 bits per heavy atom. The number of fused-ring (bicyclic) bond motifs is 2. The standard InChI is InChI=1S/C20H15NOS/c22-20(21-18-7-8-19-17(13-18)9-10-23-19)12-14-5-6-15-3-1-2-4-16(15)11-14/h1-11,13H,12H2,(H,21,22). The van der Waals surface area contributed by atoms with Gasteiger partial charge in [-0.05, 0) is 51.4 Å². The molecule has 0 aliphatic carbocycles. The van der Waals surface area contributed by atoms with Gasteiger partial charge < -0.3 is 5.32 Å². The van der Waals surface area contributed by atoms with Gasteiger partial charge in [-0.1, -0.05) is 42.5 Å². The van der Waals surface area contributed by atoms with Crippen molar-refractivity contribution in [1.82, 2.24) is 0 Å². The first-order valence-corrected chi connectivity index (χ1v) is 8.41. The van der Waals surface area contributed by atoms with Crippen molar-refractivity contribution in [2.24, 2.45) is 0 Å². The summed E-state index contributed by atoms with van der Waals surface area (Å²) in [6.45, 7) is 0. The Bertz CT molecular complexity index is 1000. The molecule has 23 heavy (non-hydrogen) atoms. The molecule has 0 saturated heterocycles. The summed E-state index contributed by atoms with van der Waals surface area (Å²) in [6, 6.07) is 22.4. The average Bonchev–Trinajstić information content (AvgIpc) is 3.02. The molecule has 1 heterocycles. The van der Waals surface area contributed by atoms with E-state index in [0.29, 0.717) is 6.42 Å². The first-order valence-electron chi connectivity index (χ1n) is 7.53. The van der Waals surface area contributed by atoms with Crippen LogP contribution >= 0.6 is 11.3 Å². The van der Waals surface area contributed by atoms with Gasteiger partial charge in [0.2, 0.25) is 5.91 Å². The highest BCUT2D eigenvalue weighted by Crippen LogP contribution is 2.24. The summed E-state index contributed by atoms with van der Waals surface area (Å²) < 4.78 is 1.23.